The molecule has 0 aliphatic rings. The lowest BCUT2D eigenvalue weighted by Gasteiger charge is -2.14. The number of H-pyrrole nitrogens is 1. The van der Waals surface area contributed by atoms with Gasteiger partial charge in [-0.1, -0.05) is 24.3 Å². The molecule has 3 rings (SSSR count). The summed E-state index contributed by atoms with van der Waals surface area (Å²) in [6.45, 7) is 0. The molecule has 0 fully saturated rings. The minimum absolute atomic E-state index is 0.185. The minimum Gasteiger partial charge on any atom is -0.359 e. The van der Waals surface area contributed by atoms with Crippen LogP contribution in [0, 0.1) is 0 Å². The number of aromatic nitrogens is 1. The van der Waals surface area contributed by atoms with Gasteiger partial charge in [0.15, 0.2) is 0 Å². The van der Waals surface area contributed by atoms with Gasteiger partial charge in [-0.3, -0.25) is 4.72 Å². The molecule has 3 aromatic rings. The lowest BCUT2D eigenvalue weighted by atomic mass is 10.2. The summed E-state index contributed by atoms with van der Waals surface area (Å²) in [5.41, 5.74) is -0.517. The van der Waals surface area contributed by atoms with Crippen LogP contribution in [0.3, 0.4) is 0 Å². The summed E-state index contributed by atoms with van der Waals surface area (Å²) in [4.78, 5) is 2.05. The van der Waals surface area contributed by atoms with E-state index in [4.69, 9.17) is 0 Å². The molecule has 0 saturated carbocycles. The van der Waals surface area contributed by atoms with E-state index in [9.17, 15) is 21.6 Å². The topological polar surface area (TPSA) is 62.0 Å². The highest BCUT2D eigenvalue weighted by Gasteiger charge is 2.37. The number of para-hydroxylation sites is 1. The Bertz CT molecular complexity index is 962. The molecule has 2 N–H and O–H groups in total. The Hall–Kier alpha value is -2.48. The van der Waals surface area contributed by atoms with Crippen molar-refractivity contribution in [2.75, 3.05) is 4.72 Å². The summed E-state index contributed by atoms with van der Waals surface area (Å²) in [6.07, 6.45) is -3.14. The van der Waals surface area contributed by atoms with Crippen molar-refractivity contribution in [3.63, 3.8) is 0 Å². The van der Waals surface area contributed by atoms with Gasteiger partial charge in [-0.05, 0) is 24.3 Å². The van der Waals surface area contributed by atoms with Gasteiger partial charge in [-0.2, -0.15) is 13.2 Å². The zero-order chi connectivity index (χ0) is 16.7. The zero-order valence-electron chi connectivity index (χ0n) is 11.6. The van der Waals surface area contributed by atoms with Crippen LogP contribution in [0.5, 0.6) is 0 Å². The molecule has 23 heavy (non-hydrogen) atoms. The van der Waals surface area contributed by atoms with Crippen molar-refractivity contribution in [3.05, 3.63) is 60.3 Å². The highest BCUT2D eigenvalue weighted by atomic mass is 32.2. The predicted molar refractivity (Wildman–Crippen MR) is 80.6 cm³/mol. The Kier molecular flexibility index (Phi) is 3.56. The molecule has 1 heterocycles. The first kappa shape index (κ1) is 15.4. The molecule has 0 unspecified atom stereocenters. The van der Waals surface area contributed by atoms with E-state index >= 15 is 0 Å². The number of sulfonamides is 1. The Morgan fingerprint density at radius 2 is 1.70 bits per heavy atom. The van der Waals surface area contributed by atoms with Crippen molar-refractivity contribution in [1.82, 2.24) is 4.98 Å². The van der Waals surface area contributed by atoms with Gasteiger partial charge in [0.25, 0.3) is 10.0 Å². The smallest absolute Gasteiger partial charge is 0.359 e. The Balaban J connectivity index is 2.09. The van der Waals surface area contributed by atoms with Crippen LogP contribution in [0.25, 0.3) is 10.9 Å². The van der Waals surface area contributed by atoms with Gasteiger partial charge >= 0.3 is 6.18 Å². The van der Waals surface area contributed by atoms with Crippen molar-refractivity contribution in [2.24, 2.45) is 0 Å². The molecule has 0 radical (unpaired) electrons. The van der Waals surface area contributed by atoms with Crippen LogP contribution in [0.15, 0.2) is 59.6 Å². The number of alkyl halides is 3. The van der Waals surface area contributed by atoms with Crippen molar-refractivity contribution in [2.45, 2.75) is 11.1 Å². The van der Waals surface area contributed by atoms with E-state index in [0.29, 0.717) is 5.52 Å². The van der Waals surface area contributed by atoms with E-state index in [0.717, 1.165) is 23.6 Å². The minimum atomic E-state index is -4.76. The van der Waals surface area contributed by atoms with Gasteiger partial charge in [-0.15, -0.1) is 0 Å². The van der Waals surface area contributed by atoms with Gasteiger partial charge in [-0.25, -0.2) is 8.42 Å². The maximum atomic E-state index is 13.0. The van der Waals surface area contributed by atoms with Gasteiger partial charge in [0, 0.05) is 11.6 Å². The Morgan fingerprint density at radius 3 is 2.43 bits per heavy atom. The number of benzene rings is 2. The number of anilines is 1. The third-order valence-corrected chi connectivity index (χ3v) is 4.74. The van der Waals surface area contributed by atoms with Gasteiger partial charge in [0.1, 0.15) is 0 Å². The fourth-order valence-corrected chi connectivity index (χ4v) is 3.61. The zero-order valence-corrected chi connectivity index (χ0v) is 12.4. The summed E-state index contributed by atoms with van der Waals surface area (Å²) in [5, 5.41) is 0.745. The Labute approximate surface area is 130 Å². The number of rotatable bonds is 3. The standard InChI is InChI=1S/C15H11F3N2O2S/c16-15(17,18)11-5-1-2-7-13(11)23(21,22)20-12-6-3-4-10-8-9-19-14(10)12/h1-9,19-20H. The first-order chi connectivity index (χ1) is 10.8. The normalized spacial score (nSPS) is 12.5. The summed E-state index contributed by atoms with van der Waals surface area (Å²) >= 11 is 0. The van der Waals surface area contributed by atoms with Crippen molar-refractivity contribution >= 4 is 26.6 Å². The van der Waals surface area contributed by atoms with Crippen LogP contribution in [-0.4, -0.2) is 13.4 Å². The molecule has 0 amide bonds. The fraction of sp³-hybridized carbons (Fsp3) is 0.0667. The second-order valence-corrected chi connectivity index (χ2v) is 6.50. The SMILES string of the molecule is O=S(=O)(Nc1cccc2cc[nH]c12)c1ccccc1C(F)(F)F. The lowest BCUT2D eigenvalue weighted by Crippen LogP contribution is -2.19. The van der Waals surface area contributed by atoms with E-state index in [-0.39, 0.29) is 5.69 Å². The molecule has 0 bridgehead atoms. The summed E-state index contributed by atoms with van der Waals surface area (Å²) in [5.74, 6) is 0. The highest BCUT2D eigenvalue weighted by molar-refractivity contribution is 7.92. The molecule has 0 aliphatic carbocycles. The number of hydrogen-bond donors (Lipinski definition) is 2. The third kappa shape index (κ3) is 2.89. The first-order valence-corrected chi connectivity index (χ1v) is 8.02. The highest BCUT2D eigenvalue weighted by Crippen LogP contribution is 2.35. The average molecular weight is 340 g/mol. The van der Waals surface area contributed by atoms with E-state index in [2.05, 4.69) is 9.71 Å². The molecule has 0 atom stereocenters. The Morgan fingerprint density at radius 1 is 0.957 bits per heavy atom. The van der Waals surface area contributed by atoms with E-state index in [1.807, 2.05) is 0 Å². The van der Waals surface area contributed by atoms with Crippen LogP contribution < -0.4 is 4.72 Å². The molecule has 0 aliphatic heterocycles. The molecular weight excluding hydrogens is 329 g/mol. The molecule has 8 heteroatoms. The van der Waals surface area contributed by atoms with Gasteiger partial charge < -0.3 is 4.98 Å². The second kappa shape index (κ2) is 5.31. The van der Waals surface area contributed by atoms with Crippen molar-refractivity contribution < 1.29 is 21.6 Å². The summed E-state index contributed by atoms with van der Waals surface area (Å²) in [6, 6.07) is 10.6. The van der Waals surface area contributed by atoms with Crippen LogP contribution in [0.2, 0.25) is 0 Å². The quantitative estimate of drug-likeness (QED) is 0.757. The van der Waals surface area contributed by atoms with Crippen LogP contribution in [0.4, 0.5) is 18.9 Å². The van der Waals surface area contributed by atoms with Crippen LogP contribution in [0.1, 0.15) is 5.56 Å². The molecule has 0 spiro atoms. The molecule has 1 aromatic heterocycles. The summed E-state index contributed by atoms with van der Waals surface area (Å²) < 4.78 is 66.1. The maximum absolute atomic E-state index is 13.0. The number of fused-ring (bicyclic) bond motifs is 1. The monoisotopic (exact) mass is 340 g/mol. The predicted octanol–water partition coefficient (Wildman–Crippen LogP) is 3.99. The van der Waals surface area contributed by atoms with Gasteiger partial charge in [0.05, 0.1) is 21.7 Å². The first-order valence-electron chi connectivity index (χ1n) is 6.54. The fourth-order valence-electron chi connectivity index (χ4n) is 2.30. The van der Waals surface area contributed by atoms with E-state index < -0.39 is 26.7 Å². The molecule has 2 aromatic carbocycles. The number of halogens is 3. The lowest BCUT2D eigenvalue weighted by molar-refractivity contribution is -0.139. The number of nitrogens with one attached hydrogen (secondary N) is 2. The van der Waals surface area contributed by atoms with Crippen molar-refractivity contribution in [1.29, 1.82) is 0 Å². The van der Waals surface area contributed by atoms with Crippen LogP contribution >= 0.6 is 0 Å². The number of aromatic amines is 1. The van der Waals surface area contributed by atoms with E-state index in [1.54, 1.807) is 24.4 Å². The maximum Gasteiger partial charge on any atom is 0.417 e. The van der Waals surface area contributed by atoms with Crippen molar-refractivity contribution in [3.8, 4) is 0 Å². The summed E-state index contributed by atoms with van der Waals surface area (Å²) in [7, 11) is -4.39. The molecule has 0 saturated heterocycles. The largest absolute Gasteiger partial charge is 0.417 e. The van der Waals surface area contributed by atoms with E-state index in [1.165, 1.54) is 12.1 Å². The third-order valence-electron chi connectivity index (χ3n) is 3.31. The van der Waals surface area contributed by atoms with Crippen LogP contribution in [-0.2, 0) is 16.2 Å². The molecule has 4 nitrogen and oxygen atoms in total. The second-order valence-electron chi connectivity index (χ2n) is 4.85. The van der Waals surface area contributed by atoms with Gasteiger partial charge in [0.2, 0.25) is 0 Å². The molecular formula is C15H11F3N2O2S. The number of hydrogen-bond acceptors (Lipinski definition) is 2. The average Bonchev–Trinajstić information content (AvgIpc) is 2.96. The molecule has 120 valence electrons.